The number of amides is 1. The van der Waals surface area contributed by atoms with Crippen molar-refractivity contribution in [2.24, 2.45) is 0 Å². The molecule has 1 atom stereocenters. The van der Waals surface area contributed by atoms with Crippen molar-refractivity contribution < 1.29 is 18.0 Å². The van der Waals surface area contributed by atoms with Crippen molar-refractivity contribution in [3.05, 3.63) is 64.1 Å². The lowest BCUT2D eigenvalue weighted by molar-refractivity contribution is -0.137. The summed E-state index contributed by atoms with van der Waals surface area (Å²) in [6.45, 7) is 0. The molecule has 1 aliphatic rings. The first-order valence-corrected chi connectivity index (χ1v) is 8.57. The minimum absolute atomic E-state index is 0.111. The normalized spacial score (nSPS) is 18.5. The number of nitrogens with zero attached hydrogens (tertiary/aromatic N) is 1. The number of benzene rings is 2. The molecule has 3 rings (SSSR count). The van der Waals surface area contributed by atoms with Crippen molar-refractivity contribution >= 4 is 39.3 Å². The van der Waals surface area contributed by atoms with Crippen LogP contribution in [0.5, 0.6) is 0 Å². The first-order chi connectivity index (χ1) is 10.9. The van der Waals surface area contributed by atoms with Gasteiger partial charge in [0.05, 0.1) is 11.3 Å². The summed E-state index contributed by atoms with van der Waals surface area (Å²) >= 11 is 4.85. The van der Waals surface area contributed by atoms with Crippen molar-refractivity contribution in [2.45, 2.75) is 11.6 Å². The summed E-state index contributed by atoms with van der Waals surface area (Å²) < 4.78 is 38.9. The molecule has 0 N–H and O–H groups in total. The average Bonchev–Trinajstić information content (AvgIpc) is 2.88. The van der Waals surface area contributed by atoms with Gasteiger partial charge < -0.3 is 0 Å². The van der Waals surface area contributed by atoms with E-state index in [4.69, 9.17) is 0 Å². The van der Waals surface area contributed by atoms with Gasteiger partial charge in [0.25, 0.3) is 0 Å². The Morgan fingerprint density at radius 2 is 1.83 bits per heavy atom. The highest BCUT2D eigenvalue weighted by atomic mass is 79.9. The van der Waals surface area contributed by atoms with Crippen LogP contribution in [0.3, 0.4) is 0 Å². The SMILES string of the molecule is O=C1CS[C@H](c2cccc(Br)c2)N1c1ccc(C(F)(F)F)cc1. The molecule has 1 amide bonds. The van der Waals surface area contributed by atoms with Gasteiger partial charge in [0, 0.05) is 10.2 Å². The Hall–Kier alpha value is -1.47. The fourth-order valence-corrected chi connectivity index (χ4v) is 4.00. The molecule has 1 aliphatic heterocycles. The second-order valence-corrected chi connectivity index (χ2v) is 7.01. The van der Waals surface area contributed by atoms with Crippen LogP contribution in [0.1, 0.15) is 16.5 Å². The van der Waals surface area contributed by atoms with Gasteiger partial charge in [-0.3, -0.25) is 9.69 Å². The Morgan fingerprint density at radius 1 is 1.13 bits per heavy atom. The second kappa shape index (κ2) is 6.20. The molecule has 0 bridgehead atoms. The van der Waals surface area contributed by atoms with E-state index >= 15 is 0 Å². The summed E-state index contributed by atoms with van der Waals surface area (Å²) in [5, 5.41) is -0.239. The van der Waals surface area contributed by atoms with E-state index in [0.29, 0.717) is 11.4 Å². The topological polar surface area (TPSA) is 20.3 Å². The van der Waals surface area contributed by atoms with E-state index in [9.17, 15) is 18.0 Å². The largest absolute Gasteiger partial charge is 0.416 e. The first-order valence-electron chi connectivity index (χ1n) is 6.72. The minimum atomic E-state index is -4.38. The van der Waals surface area contributed by atoms with Crippen molar-refractivity contribution in [1.29, 1.82) is 0 Å². The molecule has 0 aromatic heterocycles. The minimum Gasteiger partial charge on any atom is -0.295 e. The monoisotopic (exact) mass is 401 g/mol. The van der Waals surface area contributed by atoms with Gasteiger partial charge in [-0.15, -0.1) is 11.8 Å². The molecule has 2 nitrogen and oxygen atoms in total. The van der Waals surface area contributed by atoms with Gasteiger partial charge in [0.1, 0.15) is 5.37 Å². The molecule has 7 heteroatoms. The Morgan fingerprint density at radius 3 is 2.43 bits per heavy atom. The van der Waals surface area contributed by atoms with E-state index in [1.807, 2.05) is 24.3 Å². The standard InChI is InChI=1S/C16H11BrF3NOS/c17-12-3-1-2-10(8-12)15-21(14(22)9-23-15)13-6-4-11(5-7-13)16(18,19)20/h1-8,15H,9H2/t15-/m1/s1. The zero-order chi connectivity index (χ0) is 16.6. The zero-order valence-corrected chi connectivity index (χ0v) is 14.1. The molecular weight excluding hydrogens is 391 g/mol. The third-order valence-corrected chi connectivity index (χ3v) is 5.18. The van der Waals surface area contributed by atoms with Crippen LogP contribution >= 0.6 is 27.7 Å². The maximum Gasteiger partial charge on any atom is 0.416 e. The Labute approximate surface area is 143 Å². The third-order valence-electron chi connectivity index (χ3n) is 3.47. The molecule has 0 saturated carbocycles. The molecule has 0 unspecified atom stereocenters. The number of anilines is 1. The molecule has 1 heterocycles. The molecule has 1 fully saturated rings. The Kier molecular flexibility index (Phi) is 4.42. The highest BCUT2D eigenvalue weighted by Crippen LogP contribution is 2.42. The van der Waals surface area contributed by atoms with E-state index in [-0.39, 0.29) is 11.3 Å². The average molecular weight is 402 g/mol. The van der Waals surface area contributed by atoms with Gasteiger partial charge in [-0.05, 0) is 42.0 Å². The van der Waals surface area contributed by atoms with E-state index in [1.54, 1.807) is 4.90 Å². The third kappa shape index (κ3) is 3.40. The van der Waals surface area contributed by atoms with Gasteiger partial charge in [-0.1, -0.05) is 28.1 Å². The quantitative estimate of drug-likeness (QED) is 0.684. The van der Waals surface area contributed by atoms with Crippen LogP contribution in [0.15, 0.2) is 53.0 Å². The van der Waals surface area contributed by atoms with Crippen LogP contribution in [-0.2, 0) is 11.0 Å². The van der Waals surface area contributed by atoms with Crippen LogP contribution in [0, 0.1) is 0 Å². The fourth-order valence-electron chi connectivity index (χ4n) is 2.42. The number of rotatable bonds is 2. The number of halogens is 4. The molecule has 2 aromatic carbocycles. The van der Waals surface area contributed by atoms with Gasteiger partial charge in [-0.25, -0.2) is 0 Å². The van der Waals surface area contributed by atoms with E-state index in [2.05, 4.69) is 15.9 Å². The molecule has 0 aliphatic carbocycles. The number of hydrogen-bond donors (Lipinski definition) is 0. The molecule has 0 spiro atoms. The van der Waals surface area contributed by atoms with Crippen LogP contribution < -0.4 is 4.90 Å². The van der Waals surface area contributed by atoms with Gasteiger partial charge in [-0.2, -0.15) is 13.2 Å². The van der Waals surface area contributed by atoms with Crippen molar-refractivity contribution in [1.82, 2.24) is 0 Å². The predicted molar refractivity (Wildman–Crippen MR) is 88.3 cm³/mol. The summed E-state index contributed by atoms with van der Waals surface area (Å²) in [6, 6.07) is 12.3. The molecule has 120 valence electrons. The fraction of sp³-hybridized carbons (Fsp3) is 0.188. The maximum absolute atomic E-state index is 12.7. The smallest absolute Gasteiger partial charge is 0.295 e. The molecular formula is C16H11BrF3NOS. The molecule has 23 heavy (non-hydrogen) atoms. The number of carbonyl (C=O) groups is 1. The summed E-state index contributed by atoms with van der Waals surface area (Å²) in [6.07, 6.45) is -4.38. The summed E-state index contributed by atoms with van der Waals surface area (Å²) in [4.78, 5) is 13.7. The molecule has 1 saturated heterocycles. The van der Waals surface area contributed by atoms with E-state index in [0.717, 1.165) is 22.2 Å². The van der Waals surface area contributed by atoms with Gasteiger partial charge in [0.15, 0.2) is 0 Å². The Balaban J connectivity index is 1.94. The van der Waals surface area contributed by atoms with Gasteiger partial charge in [0.2, 0.25) is 5.91 Å². The summed E-state index contributed by atoms with van der Waals surface area (Å²) in [7, 11) is 0. The molecule has 0 radical (unpaired) electrons. The molecule has 2 aromatic rings. The number of carbonyl (C=O) groups excluding carboxylic acids is 1. The lowest BCUT2D eigenvalue weighted by Crippen LogP contribution is -2.27. The number of alkyl halides is 3. The van der Waals surface area contributed by atoms with E-state index < -0.39 is 11.7 Å². The lowest BCUT2D eigenvalue weighted by Gasteiger charge is -2.24. The highest BCUT2D eigenvalue weighted by molar-refractivity contribution is 9.10. The van der Waals surface area contributed by atoms with Crippen LogP contribution in [0.4, 0.5) is 18.9 Å². The second-order valence-electron chi connectivity index (χ2n) is 5.03. The zero-order valence-electron chi connectivity index (χ0n) is 11.7. The highest BCUT2D eigenvalue weighted by Gasteiger charge is 2.35. The van der Waals surface area contributed by atoms with Crippen molar-refractivity contribution in [3.8, 4) is 0 Å². The van der Waals surface area contributed by atoms with Crippen molar-refractivity contribution in [3.63, 3.8) is 0 Å². The maximum atomic E-state index is 12.7. The predicted octanol–water partition coefficient (Wildman–Crippen LogP) is 5.25. The first kappa shape index (κ1) is 16.4. The number of hydrogen-bond acceptors (Lipinski definition) is 2. The van der Waals surface area contributed by atoms with Crippen LogP contribution in [0.25, 0.3) is 0 Å². The summed E-state index contributed by atoms with van der Waals surface area (Å²) in [5.41, 5.74) is 0.674. The van der Waals surface area contributed by atoms with E-state index in [1.165, 1.54) is 23.9 Å². The number of thioether (sulfide) groups is 1. The lowest BCUT2D eigenvalue weighted by atomic mass is 10.1. The summed E-state index contributed by atoms with van der Waals surface area (Å²) in [5.74, 6) is 0.192. The van der Waals surface area contributed by atoms with Crippen LogP contribution in [0.2, 0.25) is 0 Å². The van der Waals surface area contributed by atoms with Crippen molar-refractivity contribution in [2.75, 3.05) is 10.7 Å². The van der Waals surface area contributed by atoms with Crippen LogP contribution in [-0.4, -0.2) is 11.7 Å². The van der Waals surface area contributed by atoms with Gasteiger partial charge >= 0.3 is 6.18 Å². The Bertz CT molecular complexity index is 733.